The zero-order valence-electron chi connectivity index (χ0n) is 25.1. The number of nitriles is 1. The third-order valence-electron chi connectivity index (χ3n) is 8.13. The smallest absolute Gasteiger partial charge is 0.250 e. The van der Waals surface area contributed by atoms with E-state index in [1.54, 1.807) is 0 Å². The van der Waals surface area contributed by atoms with Gasteiger partial charge < -0.3 is 8.85 Å². The van der Waals surface area contributed by atoms with Crippen molar-refractivity contribution < 1.29 is 8.85 Å². The second kappa shape index (κ2) is 10.7. The highest BCUT2D eigenvalue weighted by Crippen LogP contribution is 2.44. The summed E-state index contributed by atoms with van der Waals surface area (Å²) in [6.45, 7) is 25.4. The van der Waals surface area contributed by atoms with Crippen LogP contribution in [0.2, 0.25) is 36.3 Å². The van der Waals surface area contributed by atoms with Crippen molar-refractivity contribution in [2.45, 2.75) is 97.7 Å². The first-order valence-corrected chi connectivity index (χ1v) is 19.2. The average Bonchev–Trinajstić information content (AvgIpc) is 3.26. The Morgan fingerprint density at radius 1 is 0.868 bits per heavy atom. The summed E-state index contributed by atoms with van der Waals surface area (Å²) in [5.41, 5.74) is 4.58. The van der Waals surface area contributed by atoms with Gasteiger partial charge >= 0.3 is 0 Å². The van der Waals surface area contributed by atoms with Gasteiger partial charge in [0.25, 0.3) is 8.32 Å². The molecule has 0 aliphatic heterocycles. The molecule has 0 saturated heterocycles. The van der Waals surface area contributed by atoms with E-state index in [9.17, 15) is 0 Å². The van der Waals surface area contributed by atoms with Crippen molar-refractivity contribution in [3.05, 3.63) is 59.3 Å². The normalized spacial score (nSPS) is 12.8. The Bertz CT molecular complexity index is 1310. The van der Waals surface area contributed by atoms with Crippen molar-refractivity contribution in [1.29, 1.82) is 5.26 Å². The SMILES string of the molecule is CCc1cc(-c2cn(Cc3ccc(C#N)cc3)nn2)c(O[Si](C)(C)C(C)(C)C)cc1O[Si](C)(C)C(C)(C)C. The first-order chi connectivity index (χ1) is 17.5. The number of hydrogen-bond donors (Lipinski definition) is 0. The monoisotopic (exact) mass is 548 g/mol. The van der Waals surface area contributed by atoms with E-state index >= 15 is 0 Å². The quantitative estimate of drug-likeness (QED) is 0.265. The van der Waals surface area contributed by atoms with E-state index in [2.05, 4.69) is 103 Å². The van der Waals surface area contributed by atoms with Crippen LogP contribution in [0, 0.1) is 11.3 Å². The van der Waals surface area contributed by atoms with Gasteiger partial charge in [0.15, 0.2) is 0 Å². The molecule has 0 amide bonds. The zero-order valence-corrected chi connectivity index (χ0v) is 27.1. The van der Waals surface area contributed by atoms with Crippen LogP contribution >= 0.6 is 0 Å². The van der Waals surface area contributed by atoms with E-state index in [-0.39, 0.29) is 10.1 Å². The van der Waals surface area contributed by atoms with Gasteiger partial charge in [0.1, 0.15) is 17.2 Å². The molecule has 2 aromatic carbocycles. The molecule has 38 heavy (non-hydrogen) atoms. The van der Waals surface area contributed by atoms with E-state index in [0.717, 1.165) is 40.3 Å². The number of nitrogens with zero attached hydrogens (tertiary/aromatic N) is 4. The van der Waals surface area contributed by atoms with Crippen LogP contribution in [0.25, 0.3) is 11.3 Å². The maximum Gasteiger partial charge on any atom is 0.250 e. The van der Waals surface area contributed by atoms with Crippen LogP contribution in [0.5, 0.6) is 11.5 Å². The van der Waals surface area contributed by atoms with Crippen molar-refractivity contribution in [1.82, 2.24) is 15.0 Å². The summed E-state index contributed by atoms with van der Waals surface area (Å²) in [5, 5.41) is 18.2. The molecule has 0 fully saturated rings. The van der Waals surface area contributed by atoms with Crippen molar-refractivity contribution in [2.75, 3.05) is 0 Å². The van der Waals surface area contributed by atoms with Crippen LogP contribution in [0.3, 0.4) is 0 Å². The van der Waals surface area contributed by atoms with Crippen LogP contribution in [0.1, 0.15) is 65.2 Å². The summed E-state index contributed by atoms with van der Waals surface area (Å²) in [7, 11) is -4.20. The molecule has 0 unspecified atom stereocenters. The van der Waals surface area contributed by atoms with Gasteiger partial charge in [-0.2, -0.15) is 5.26 Å². The molecule has 1 heterocycles. The lowest BCUT2D eigenvalue weighted by molar-refractivity contribution is 0.472. The highest BCUT2D eigenvalue weighted by atomic mass is 28.4. The van der Waals surface area contributed by atoms with Crippen molar-refractivity contribution in [2.24, 2.45) is 0 Å². The molecule has 0 aliphatic rings. The van der Waals surface area contributed by atoms with E-state index in [1.165, 1.54) is 0 Å². The summed E-state index contributed by atoms with van der Waals surface area (Å²) in [6, 6.07) is 14.0. The predicted octanol–water partition coefficient (Wildman–Crippen LogP) is 8.20. The number of aromatic nitrogens is 3. The maximum atomic E-state index is 9.08. The van der Waals surface area contributed by atoms with Gasteiger partial charge in [-0.25, -0.2) is 4.68 Å². The van der Waals surface area contributed by atoms with Gasteiger partial charge in [0, 0.05) is 11.6 Å². The third kappa shape index (κ3) is 6.56. The van der Waals surface area contributed by atoms with Gasteiger partial charge in [0.2, 0.25) is 8.32 Å². The molecule has 1 aromatic heterocycles. The van der Waals surface area contributed by atoms with Gasteiger partial charge in [-0.15, -0.1) is 5.10 Å². The van der Waals surface area contributed by atoms with Crippen molar-refractivity contribution >= 4 is 16.6 Å². The molecule has 0 saturated carbocycles. The van der Waals surface area contributed by atoms with E-state index in [4.69, 9.17) is 14.1 Å². The molecule has 8 heteroatoms. The number of benzene rings is 2. The zero-order chi connectivity index (χ0) is 28.5. The average molecular weight is 549 g/mol. The van der Waals surface area contributed by atoms with E-state index in [1.807, 2.05) is 35.1 Å². The molecular weight excluding hydrogens is 505 g/mol. The predicted molar refractivity (Wildman–Crippen MR) is 161 cm³/mol. The summed E-state index contributed by atoms with van der Waals surface area (Å²) in [6.07, 6.45) is 2.82. The van der Waals surface area contributed by atoms with Crippen LogP contribution < -0.4 is 8.85 Å². The Morgan fingerprint density at radius 2 is 1.42 bits per heavy atom. The summed E-state index contributed by atoms with van der Waals surface area (Å²) < 4.78 is 15.6. The summed E-state index contributed by atoms with van der Waals surface area (Å²) >= 11 is 0. The fourth-order valence-corrected chi connectivity index (χ4v) is 5.56. The minimum absolute atomic E-state index is 0.0430. The molecule has 0 atom stereocenters. The largest absolute Gasteiger partial charge is 0.543 e. The second-order valence-corrected chi connectivity index (χ2v) is 22.6. The first kappa shape index (κ1) is 29.7. The topological polar surface area (TPSA) is 73.0 Å². The van der Waals surface area contributed by atoms with Crippen LogP contribution in [-0.2, 0) is 13.0 Å². The van der Waals surface area contributed by atoms with Gasteiger partial charge in [-0.05, 0) is 72.0 Å². The minimum atomic E-state index is -2.14. The molecule has 0 spiro atoms. The fourth-order valence-electron chi connectivity index (χ4n) is 3.49. The lowest BCUT2D eigenvalue weighted by Gasteiger charge is -2.39. The summed E-state index contributed by atoms with van der Waals surface area (Å²) in [4.78, 5) is 0. The van der Waals surface area contributed by atoms with E-state index in [0.29, 0.717) is 12.1 Å². The molecule has 0 bridgehead atoms. The Balaban J connectivity index is 2.08. The number of aryl methyl sites for hydroxylation is 1. The number of rotatable bonds is 8. The molecular formula is C30H44N4O2Si2. The third-order valence-corrected chi connectivity index (χ3v) is 16.8. The standard InChI is InChI=1S/C30H44N4O2Si2/c1-12-24-17-25(26-21-34(33-32-26)20-23-15-13-22(19-31)14-16-23)28(36-38(10,11)30(5,6)7)18-27(24)35-37(8,9)29(2,3)4/h13-18,21H,12,20H2,1-11H3. The maximum absolute atomic E-state index is 9.08. The van der Waals surface area contributed by atoms with Crippen molar-refractivity contribution in [3.8, 4) is 28.8 Å². The molecule has 3 rings (SSSR count). The molecule has 3 aromatic rings. The van der Waals surface area contributed by atoms with Crippen LogP contribution in [-0.4, -0.2) is 31.6 Å². The molecule has 0 aliphatic carbocycles. The van der Waals surface area contributed by atoms with E-state index < -0.39 is 16.6 Å². The van der Waals surface area contributed by atoms with Crippen LogP contribution in [0.4, 0.5) is 0 Å². The second-order valence-electron chi connectivity index (χ2n) is 13.1. The molecule has 204 valence electrons. The lowest BCUT2D eigenvalue weighted by atomic mass is 10.0. The molecule has 6 nitrogen and oxygen atoms in total. The summed E-state index contributed by atoms with van der Waals surface area (Å²) in [5.74, 6) is 1.73. The minimum Gasteiger partial charge on any atom is -0.543 e. The Kier molecular flexibility index (Phi) is 8.35. The number of hydrogen-bond acceptors (Lipinski definition) is 5. The fraction of sp³-hybridized carbons (Fsp3) is 0.500. The van der Waals surface area contributed by atoms with Gasteiger partial charge in [0.05, 0.1) is 24.4 Å². The Hall–Kier alpha value is -2.90. The Morgan fingerprint density at radius 3 is 1.92 bits per heavy atom. The molecule has 0 N–H and O–H groups in total. The first-order valence-electron chi connectivity index (χ1n) is 13.4. The van der Waals surface area contributed by atoms with Crippen LogP contribution in [0.15, 0.2) is 42.6 Å². The van der Waals surface area contributed by atoms with Gasteiger partial charge in [-0.1, -0.05) is 65.8 Å². The Labute approximate surface area is 231 Å². The van der Waals surface area contributed by atoms with Gasteiger partial charge in [-0.3, -0.25) is 0 Å². The highest BCUT2D eigenvalue weighted by Gasteiger charge is 2.41. The van der Waals surface area contributed by atoms with Crippen molar-refractivity contribution in [3.63, 3.8) is 0 Å². The highest BCUT2D eigenvalue weighted by molar-refractivity contribution is 6.75. The molecule has 0 radical (unpaired) electrons. The lowest BCUT2D eigenvalue weighted by Crippen LogP contribution is -2.44.